The summed E-state index contributed by atoms with van der Waals surface area (Å²) in [6.45, 7) is 7.12. The Hall–Kier alpha value is -1.33. The molecule has 2 rings (SSSR count). The van der Waals surface area contributed by atoms with Gasteiger partial charge in [0.05, 0.1) is 12.7 Å². The van der Waals surface area contributed by atoms with E-state index >= 15 is 0 Å². The molecule has 1 aromatic carbocycles. The number of benzene rings is 1. The molecule has 1 aromatic rings. The Morgan fingerprint density at radius 3 is 2.57 bits per heavy atom. The van der Waals surface area contributed by atoms with E-state index in [-0.39, 0.29) is 18.0 Å². The molecule has 0 atom stereocenters. The lowest BCUT2D eigenvalue weighted by atomic mass is 10.1. The van der Waals surface area contributed by atoms with Gasteiger partial charge in [0.2, 0.25) is 0 Å². The highest BCUT2D eigenvalue weighted by Crippen LogP contribution is 2.22. The van der Waals surface area contributed by atoms with Gasteiger partial charge in [0.1, 0.15) is 11.4 Å². The van der Waals surface area contributed by atoms with Gasteiger partial charge in [-0.15, -0.1) is 0 Å². The van der Waals surface area contributed by atoms with Crippen LogP contribution in [0.1, 0.15) is 39.2 Å². The molecule has 0 spiro atoms. The van der Waals surface area contributed by atoms with E-state index < -0.39 is 5.60 Å². The van der Waals surface area contributed by atoms with E-state index in [9.17, 15) is 9.18 Å². The van der Waals surface area contributed by atoms with Crippen LogP contribution in [0.2, 0.25) is 5.02 Å². The van der Waals surface area contributed by atoms with Crippen LogP contribution in [-0.2, 0) is 16.1 Å². The molecule has 23 heavy (non-hydrogen) atoms. The van der Waals surface area contributed by atoms with Crippen LogP contribution >= 0.6 is 11.6 Å². The van der Waals surface area contributed by atoms with Crippen molar-refractivity contribution in [3.05, 3.63) is 34.6 Å². The fourth-order valence-electron chi connectivity index (χ4n) is 2.38. The molecule has 1 saturated heterocycles. The molecule has 128 valence electrons. The first-order valence-electron chi connectivity index (χ1n) is 7.78. The fourth-order valence-corrected chi connectivity index (χ4v) is 2.60. The molecular weight excluding hydrogens is 321 g/mol. The van der Waals surface area contributed by atoms with Crippen molar-refractivity contribution in [2.45, 2.75) is 51.9 Å². The Morgan fingerprint density at radius 2 is 2.00 bits per heavy atom. The SMILES string of the molecule is CC(C)(C)OC(=O)N1CCC(OCc2ccc(F)cc2Cl)CC1. The zero-order chi connectivity index (χ0) is 17.0. The third kappa shape index (κ3) is 5.66. The first kappa shape index (κ1) is 18.0. The molecule has 0 saturated carbocycles. The van der Waals surface area contributed by atoms with Crippen molar-refractivity contribution in [2.24, 2.45) is 0 Å². The number of hydrogen-bond donors (Lipinski definition) is 0. The molecule has 0 aliphatic carbocycles. The van der Waals surface area contributed by atoms with Crippen molar-refractivity contribution < 1.29 is 18.7 Å². The zero-order valence-corrected chi connectivity index (χ0v) is 14.5. The monoisotopic (exact) mass is 343 g/mol. The van der Waals surface area contributed by atoms with E-state index in [0.717, 1.165) is 18.4 Å². The van der Waals surface area contributed by atoms with Crippen LogP contribution in [0.5, 0.6) is 0 Å². The predicted molar refractivity (Wildman–Crippen MR) is 87.0 cm³/mol. The van der Waals surface area contributed by atoms with Crippen LogP contribution in [0.3, 0.4) is 0 Å². The molecule has 6 heteroatoms. The number of halogens is 2. The lowest BCUT2D eigenvalue weighted by Gasteiger charge is -2.33. The molecule has 0 radical (unpaired) electrons. The quantitative estimate of drug-likeness (QED) is 0.816. The summed E-state index contributed by atoms with van der Waals surface area (Å²) >= 11 is 5.98. The average molecular weight is 344 g/mol. The maximum atomic E-state index is 13.0. The number of hydrogen-bond acceptors (Lipinski definition) is 3. The number of rotatable bonds is 3. The molecule has 4 nitrogen and oxygen atoms in total. The molecule has 1 fully saturated rings. The summed E-state index contributed by atoms with van der Waals surface area (Å²) in [5.41, 5.74) is 0.284. The number of amides is 1. The molecule has 1 aliphatic rings. The summed E-state index contributed by atoms with van der Waals surface area (Å²) in [5.74, 6) is -0.357. The normalized spacial score (nSPS) is 16.5. The number of nitrogens with zero attached hydrogens (tertiary/aromatic N) is 1. The van der Waals surface area contributed by atoms with Crippen molar-refractivity contribution in [3.8, 4) is 0 Å². The minimum Gasteiger partial charge on any atom is -0.444 e. The van der Waals surface area contributed by atoms with Gasteiger partial charge >= 0.3 is 6.09 Å². The van der Waals surface area contributed by atoms with E-state index in [2.05, 4.69) is 0 Å². The second-order valence-electron chi connectivity index (χ2n) is 6.71. The van der Waals surface area contributed by atoms with Crippen LogP contribution < -0.4 is 0 Å². The first-order chi connectivity index (χ1) is 10.7. The van der Waals surface area contributed by atoms with Crippen molar-refractivity contribution >= 4 is 17.7 Å². The van der Waals surface area contributed by atoms with E-state index in [0.29, 0.717) is 24.7 Å². The van der Waals surface area contributed by atoms with Gasteiger partial charge < -0.3 is 14.4 Å². The van der Waals surface area contributed by atoms with Crippen LogP contribution in [0.15, 0.2) is 18.2 Å². The van der Waals surface area contributed by atoms with E-state index in [1.54, 1.807) is 11.0 Å². The molecule has 1 amide bonds. The topological polar surface area (TPSA) is 38.8 Å². The van der Waals surface area contributed by atoms with Crippen molar-refractivity contribution in [2.75, 3.05) is 13.1 Å². The Labute approximate surface area is 141 Å². The molecule has 0 N–H and O–H groups in total. The van der Waals surface area contributed by atoms with Gasteiger partial charge in [-0.2, -0.15) is 0 Å². The van der Waals surface area contributed by atoms with Crippen molar-refractivity contribution in [1.82, 2.24) is 4.90 Å². The maximum absolute atomic E-state index is 13.0. The Kier molecular flexibility index (Phi) is 5.87. The van der Waals surface area contributed by atoms with Crippen LogP contribution in [0.25, 0.3) is 0 Å². The van der Waals surface area contributed by atoms with E-state index in [1.165, 1.54) is 12.1 Å². The van der Waals surface area contributed by atoms with Gasteiger partial charge in [-0.1, -0.05) is 17.7 Å². The predicted octanol–water partition coefficient (Wildman–Crippen LogP) is 4.40. The Balaban J connectivity index is 1.77. The van der Waals surface area contributed by atoms with Crippen LogP contribution in [0.4, 0.5) is 9.18 Å². The van der Waals surface area contributed by atoms with Gasteiger partial charge in [-0.3, -0.25) is 0 Å². The third-order valence-electron chi connectivity index (χ3n) is 3.58. The van der Waals surface area contributed by atoms with Crippen molar-refractivity contribution in [3.63, 3.8) is 0 Å². The van der Waals surface area contributed by atoms with Crippen LogP contribution in [-0.4, -0.2) is 35.8 Å². The highest BCUT2D eigenvalue weighted by atomic mass is 35.5. The standard InChI is InChI=1S/C17H23ClFNO3/c1-17(2,3)23-16(21)20-8-6-14(7-9-20)22-11-12-4-5-13(19)10-15(12)18/h4-5,10,14H,6-9,11H2,1-3H3. The zero-order valence-electron chi connectivity index (χ0n) is 13.8. The average Bonchev–Trinajstić information content (AvgIpc) is 2.45. The molecule has 0 bridgehead atoms. The van der Waals surface area contributed by atoms with Crippen LogP contribution in [0, 0.1) is 5.82 Å². The van der Waals surface area contributed by atoms with Gasteiger partial charge in [-0.05, 0) is 51.3 Å². The number of piperidine rings is 1. The maximum Gasteiger partial charge on any atom is 0.410 e. The lowest BCUT2D eigenvalue weighted by Crippen LogP contribution is -2.43. The van der Waals surface area contributed by atoms with Gasteiger partial charge in [0.25, 0.3) is 0 Å². The number of carbonyl (C=O) groups is 1. The Morgan fingerprint density at radius 1 is 1.35 bits per heavy atom. The summed E-state index contributed by atoms with van der Waals surface area (Å²) in [6, 6.07) is 4.29. The lowest BCUT2D eigenvalue weighted by molar-refractivity contribution is -0.0170. The van der Waals surface area contributed by atoms with Gasteiger partial charge in [-0.25, -0.2) is 9.18 Å². The summed E-state index contributed by atoms with van der Waals surface area (Å²) < 4.78 is 24.2. The molecule has 1 heterocycles. The largest absolute Gasteiger partial charge is 0.444 e. The minimum atomic E-state index is -0.482. The van der Waals surface area contributed by atoms with E-state index in [4.69, 9.17) is 21.1 Å². The number of carbonyl (C=O) groups excluding carboxylic acids is 1. The Bertz CT molecular complexity index is 551. The first-order valence-corrected chi connectivity index (χ1v) is 8.16. The third-order valence-corrected chi connectivity index (χ3v) is 3.94. The highest BCUT2D eigenvalue weighted by molar-refractivity contribution is 6.31. The van der Waals surface area contributed by atoms with Crippen molar-refractivity contribution in [1.29, 1.82) is 0 Å². The highest BCUT2D eigenvalue weighted by Gasteiger charge is 2.27. The molecular formula is C17H23ClFNO3. The summed E-state index contributed by atoms with van der Waals surface area (Å²) in [6.07, 6.45) is 1.28. The van der Waals surface area contributed by atoms with Gasteiger partial charge in [0, 0.05) is 18.1 Å². The smallest absolute Gasteiger partial charge is 0.410 e. The second-order valence-corrected chi connectivity index (χ2v) is 7.12. The second kappa shape index (κ2) is 7.49. The van der Waals surface area contributed by atoms with Gasteiger partial charge in [0.15, 0.2) is 0 Å². The minimum absolute atomic E-state index is 0.0646. The summed E-state index contributed by atoms with van der Waals surface area (Å²) in [7, 11) is 0. The number of likely N-dealkylation sites (tertiary alicyclic amines) is 1. The molecule has 0 unspecified atom stereocenters. The van der Waals surface area contributed by atoms with E-state index in [1.807, 2.05) is 20.8 Å². The molecule has 0 aromatic heterocycles. The fraction of sp³-hybridized carbons (Fsp3) is 0.588. The number of ether oxygens (including phenoxy) is 2. The molecule has 1 aliphatic heterocycles. The summed E-state index contributed by atoms with van der Waals surface area (Å²) in [5, 5.41) is 0.371. The summed E-state index contributed by atoms with van der Waals surface area (Å²) in [4.78, 5) is 13.7.